The highest BCUT2D eigenvalue weighted by Gasteiger charge is 2.11. The predicted molar refractivity (Wildman–Crippen MR) is 74.3 cm³/mol. The van der Waals surface area contributed by atoms with Crippen LogP contribution in [0.25, 0.3) is 0 Å². The van der Waals surface area contributed by atoms with Crippen LogP contribution in [0.15, 0.2) is 36.4 Å². The van der Waals surface area contributed by atoms with Gasteiger partial charge in [0.1, 0.15) is 11.6 Å². The number of hydrogen-bond acceptors (Lipinski definition) is 2. The number of halogens is 2. The maximum absolute atomic E-state index is 13.6. The van der Waals surface area contributed by atoms with E-state index >= 15 is 0 Å². The quantitative estimate of drug-likeness (QED) is 0.847. The van der Waals surface area contributed by atoms with Gasteiger partial charge in [-0.2, -0.15) is 0 Å². The van der Waals surface area contributed by atoms with Crippen LogP contribution in [-0.4, -0.2) is 5.91 Å². The number of carbonyl (C=O) groups excluding carboxylic acids is 1. The molecule has 20 heavy (non-hydrogen) atoms. The van der Waals surface area contributed by atoms with Crippen molar-refractivity contribution in [1.82, 2.24) is 0 Å². The molecule has 2 aromatic carbocycles. The Morgan fingerprint density at radius 3 is 2.45 bits per heavy atom. The van der Waals surface area contributed by atoms with Gasteiger partial charge in [-0.15, -0.1) is 0 Å². The molecule has 0 aromatic heterocycles. The van der Waals surface area contributed by atoms with E-state index in [0.717, 1.165) is 17.7 Å². The Morgan fingerprint density at radius 1 is 1.15 bits per heavy atom. The van der Waals surface area contributed by atoms with Crippen molar-refractivity contribution in [3.63, 3.8) is 0 Å². The zero-order valence-electron chi connectivity index (χ0n) is 10.9. The summed E-state index contributed by atoms with van der Waals surface area (Å²) in [6, 6.07) is 8.80. The van der Waals surface area contributed by atoms with Crippen LogP contribution >= 0.6 is 0 Å². The number of hydrogen-bond donors (Lipinski definition) is 2. The van der Waals surface area contributed by atoms with Crippen LogP contribution in [0.4, 0.5) is 20.2 Å². The lowest BCUT2D eigenvalue weighted by Crippen LogP contribution is -2.15. The molecule has 2 rings (SSSR count). The summed E-state index contributed by atoms with van der Waals surface area (Å²) in [6.07, 6.45) is 0.0647. The molecule has 0 saturated heterocycles. The van der Waals surface area contributed by atoms with E-state index in [4.69, 9.17) is 5.73 Å². The fourth-order valence-corrected chi connectivity index (χ4v) is 1.76. The molecule has 1 amide bonds. The summed E-state index contributed by atoms with van der Waals surface area (Å²) >= 11 is 0. The standard InChI is InChI=1S/C15H14F2N2O/c1-9-6-13(17)14(8-12(9)16)19-15(20)7-10-2-4-11(18)5-3-10/h2-6,8H,7,18H2,1H3,(H,19,20). The second kappa shape index (κ2) is 5.69. The van der Waals surface area contributed by atoms with Gasteiger partial charge in [-0.05, 0) is 36.2 Å². The first-order valence-electron chi connectivity index (χ1n) is 6.05. The maximum atomic E-state index is 13.6. The van der Waals surface area contributed by atoms with Gasteiger partial charge in [-0.1, -0.05) is 12.1 Å². The molecule has 0 aliphatic rings. The SMILES string of the molecule is Cc1cc(F)c(NC(=O)Cc2ccc(N)cc2)cc1F. The van der Waals surface area contributed by atoms with Gasteiger partial charge < -0.3 is 11.1 Å². The van der Waals surface area contributed by atoms with Gasteiger partial charge in [0.05, 0.1) is 12.1 Å². The van der Waals surface area contributed by atoms with E-state index < -0.39 is 17.5 Å². The molecule has 5 heteroatoms. The Balaban J connectivity index is 2.08. The molecule has 104 valence electrons. The van der Waals surface area contributed by atoms with Crippen LogP contribution in [0.1, 0.15) is 11.1 Å². The number of benzene rings is 2. The largest absolute Gasteiger partial charge is 0.399 e. The number of nitrogens with one attached hydrogen (secondary N) is 1. The third kappa shape index (κ3) is 3.32. The van der Waals surface area contributed by atoms with E-state index in [1.54, 1.807) is 24.3 Å². The number of aryl methyl sites for hydroxylation is 1. The Labute approximate surface area is 115 Å². The van der Waals surface area contributed by atoms with Gasteiger partial charge in [0.25, 0.3) is 0 Å². The lowest BCUT2D eigenvalue weighted by molar-refractivity contribution is -0.115. The monoisotopic (exact) mass is 276 g/mol. The van der Waals surface area contributed by atoms with Gasteiger partial charge in [0.15, 0.2) is 0 Å². The summed E-state index contributed by atoms with van der Waals surface area (Å²) in [7, 11) is 0. The molecular formula is C15H14F2N2O. The van der Waals surface area contributed by atoms with E-state index in [1.807, 2.05) is 0 Å². The van der Waals surface area contributed by atoms with Gasteiger partial charge in [-0.25, -0.2) is 8.78 Å². The molecule has 0 bridgehead atoms. The summed E-state index contributed by atoms with van der Waals surface area (Å²) in [4.78, 5) is 11.8. The second-order valence-corrected chi connectivity index (χ2v) is 4.55. The van der Waals surface area contributed by atoms with Crippen molar-refractivity contribution in [2.45, 2.75) is 13.3 Å². The van der Waals surface area contributed by atoms with Gasteiger partial charge in [-0.3, -0.25) is 4.79 Å². The molecule has 0 aliphatic carbocycles. The summed E-state index contributed by atoms with van der Waals surface area (Å²) < 4.78 is 26.9. The molecule has 3 N–H and O–H groups in total. The molecule has 0 unspecified atom stereocenters. The Bertz CT molecular complexity index is 639. The molecule has 0 aliphatic heterocycles. The minimum Gasteiger partial charge on any atom is -0.399 e. The molecule has 2 aromatic rings. The van der Waals surface area contributed by atoms with Crippen molar-refractivity contribution in [2.24, 2.45) is 0 Å². The number of amides is 1. The normalized spacial score (nSPS) is 10.3. The van der Waals surface area contributed by atoms with Crippen molar-refractivity contribution in [1.29, 1.82) is 0 Å². The molecule has 0 radical (unpaired) electrons. The molecular weight excluding hydrogens is 262 g/mol. The van der Waals surface area contributed by atoms with Crippen molar-refractivity contribution >= 4 is 17.3 Å². The van der Waals surface area contributed by atoms with Gasteiger partial charge in [0.2, 0.25) is 5.91 Å². The van der Waals surface area contributed by atoms with Crippen LogP contribution in [0.5, 0.6) is 0 Å². The first kappa shape index (κ1) is 14.0. The van der Waals surface area contributed by atoms with E-state index in [9.17, 15) is 13.6 Å². The third-order valence-electron chi connectivity index (χ3n) is 2.87. The Morgan fingerprint density at radius 2 is 1.80 bits per heavy atom. The minimum atomic E-state index is -0.658. The maximum Gasteiger partial charge on any atom is 0.228 e. The van der Waals surface area contributed by atoms with Crippen LogP contribution in [-0.2, 0) is 11.2 Å². The summed E-state index contributed by atoms with van der Waals surface area (Å²) in [5, 5.41) is 2.36. The van der Waals surface area contributed by atoms with Crippen LogP contribution < -0.4 is 11.1 Å². The summed E-state index contributed by atoms with van der Waals surface area (Å²) in [6.45, 7) is 1.46. The average Bonchev–Trinajstić information content (AvgIpc) is 2.39. The van der Waals surface area contributed by atoms with Gasteiger partial charge in [0, 0.05) is 11.8 Å². The number of anilines is 2. The first-order valence-corrected chi connectivity index (χ1v) is 6.05. The number of rotatable bonds is 3. The lowest BCUT2D eigenvalue weighted by atomic mass is 10.1. The molecule has 0 fully saturated rings. The lowest BCUT2D eigenvalue weighted by Gasteiger charge is -2.08. The molecule has 0 atom stereocenters. The van der Waals surface area contributed by atoms with Crippen LogP contribution in [0.2, 0.25) is 0 Å². The van der Waals surface area contributed by atoms with Crippen molar-refractivity contribution in [3.05, 3.63) is 59.2 Å². The predicted octanol–water partition coefficient (Wildman–Crippen LogP) is 3.04. The Hall–Kier alpha value is -2.43. The average molecular weight is 276 g/mol. The zero-order chi connectivity index (χ0) is 14.7. The first-order chi connectivity index (χ1) is 9.45. The summed E-state index contributed by atoms with van der Waals surface area (Å²) in [5.74, 6) is -1.64. The molecule has 0 spiro atoms. The third-order valence-corrected chi connectivity index (χ3v) is 2.87. The van der Waals surface area contributed by atoms with E-state index in [0.29, 0.717) is 5.69 Å². The van der Waals surface area contributed by atoms with Crippen LogP contribution in [0.3, 0.4) is 0 Å². The van der Waals surface area contributed by atoms with E-state index in [-0.39, 0.29) is 17.7 Å². The number of nitrogen functional groups attached to an aromatic ring is 1. The van der Waals surface area contributed by atoms with E-state index in [2.05, 4.69) is 5.32 Å². The highest BCUT2D eigenvalue weighted by Crippen LogP contribution is 2.19. The van der Waals surface area contributed by atoms with Gasteiger partial charge >= 0.3 is 0 Å². The highest BCUT2D eigenvalue weighted by atomic mass is 19.1. The van der Waals surface area contributed by atoms with Crippen LogP contribution in [0, 0.1) is 18.6 Å². The Kier molecular flexibility index (Phi) is 3.98. The zero-order valence-corrected chi connectivity index (χ0v) is 10.9. The summed E-state index contributed by atoms with van der Waals surface area (Å²) in [5.41, 5.74) is 6.91. The molecule has 0 saturated carbocycles. The number of carbonyl (C=O) groups is 1. The fourth-order valence-electron chi connectivity index (χ4n) is 1.76. The van der Waals surface area contributed by atoms with Crippen molar-refractivity contribution < 1.29 is 13.6 Å². The van der Waals surface area contributed by atoms with Crippen molar-refractivity contribution in [3.8, 4) is 0 Å². The van der Waals surface area contributed by atoms with Crippen molar-refractivity contribution in [2.75, 3.05) is 11.1 Å². The topological polar surface area (TPSA) is 55.1 Å². The minimum absolute atomic E-state index is 0.0647. The molecule has 0 heterocycles. The number of nitrogens with two attached hydrogens (primary N) is 1. The fraction of sp³-hybridized carbons (Fsp3) is 0.133. The second-order valence-electron chi connectivity index (χ2n) is 4.55. The smallest absolute Gasteiger partial charge is 0.228 e. The van der Waals surface area contributed by atoms with E-state index in [1.165, 1.54) is 6.92 Å². The highest BCUT2D eigenvalue weighted by molar-refractivity contribution is 5.92. The molecule has 3 nitrogen and oxygen atoms in total.